The van der Waals surface area contributed by atoms with Crippen LogP contribution in [0.3, 0.4) is 0 Å². The third-order valence-corrected chi connectivity index (χ3v) is 4.63. The Hall–Kier alpha value is -2.29. The maximum Gasteiger partial charge on any atom is 0.259 e. The van der Waals surface area contributed by atoms with E-state index in [0.29, 0.717) is 12.3 Å². The quantitative estimate of drug-likeness (QED) is 0.326. The number of rotatable bonds is 8. The number of ether oxygens (including phenoxy) is 1. The molecule has 1 amide bonds. The molecule has 0 heterocycles. The molecule has 0 saturated carbocycles. The van der Waals surface area contributed by atoms with Gasteiger partial charge in [0.25, 0.3) is 5.91 Å². The zero-order valence-electron chi connectivity index (χ0n) is 18.5. The van der Waals surface area contributed by atoms with Crippen molar-refractivity contribution in [1.82, 2.24) is 15.1 Å². The van der Waals surface area contributed by atoms with Crippen LogP contribution < -0.4 is 10.1 Å². The number of nitrogens with one attached hydrogen (secondary N) is 1. The lowest BCUT2D eigenvalue weighted by Crippen LogP contribution is -2.38. The minimum absolute atomic E-state index is 0. The summed E-state index contributed by atoms with van der Waals surface area (Å²) in [4.78, 5) is 19.7. The minimum Gasteiger partial charge on any atom is -0.484 e. The van der Waals surface area contributed by atoms with Crippen molar-refractivity contribution in [1.29, 1.82) is 0 Å². The number of carbonyl (C=O) groups excluding carboxylic acids is 1. The van der Waals surface area contributed by atoms with Gasteiger partial charge in [-0.1, -0.05) is 43.3 Å². The highest BCUT2D eigenvalue weighted by atomic mass is 127. The monoisotopic (exact) mass is 524 g/mol. The fraction of sp³-hybridized carbons (Fsp3) is 0.391. The van der Waals surface area contributed by atoms with E-state index in [2.05, 4.69) is 46.4 Å². The minimum atomic E-state index is -0.0671. The molecule has 0 saturated heterocycles. The average Bonchev–Trinajstić information content (AvgIpc) is 2.73. The van der Waals surface area contributed by atoms with Crippen molar-refractivity contribution >= 4 is 35.8 Å². The number of hydrogen-bond acceptors (Lipinski definition) is 3. The largest absolute Gasteiger partial charge is 0.484 e. The van der Waals surface area contributed by atoms with Crippen LogP contribution >= 0.6 is 24.0 Å². The maximum absolute atomic E-state index is 11.7. The summed E-state index contributed by atoms with van der Waals surface area (Å²) in [6.45, 7) is 3.59. The summed E-state index contributed by atoms with van der Waals surface area (Å²) < 4.78 is 5.59. The van der Waals surface area contributed by atoms with Crippen LogP contribution in [-0.4, -0.2) is 56.5 Å². The Kier molecular flexibility index (Phi) is 11.2. The molecule has 0 fully saturated rings. The van der Waals surface area contributed by atoms with Gasteiger partial charge in [0, 0.05) is 41.3 Å². The van der Waals surface area contributed by atoms with E-state index in [-0.39, 0.29) is 36.5 Å². The van der Waals surface area contributed by atoms with E-state index in [1.165, 1.54) is 16.0 Å². The van der Waals surface area contributed by atoms with Crippen molar-refractivity contribution in [3.63, 3.8) is 0 Å². The van der Waals surface area contributed by atoms with Crippen molar-refractivity contribution in [2.24, 2.45) is 4.99 Å². The SMILES string of the molecule is CCc1ccc(CN(C)C(=NC)NCc2cccc(OCC(=O)N(C)C)c2)cc1.I. The molecule has 0 aromatic heterocycles. The predicted molar refractivity (Wildman–Crippen MR) is 134 cm³/mol. The molecule has 2 aromatic rings. The molecule has 0 unspecified atom stereocenters. The zero-order chi connectivity index (χ0) is 21.2. The lowest BCUT2D eigenvalue weighted by atomic mass is 10.1. The van der Waals surface area contributed by atoms with E-state index in [1.54, 1.807) is 21.1 Å². The molecule has 0 aliphatic rings. The van der Waals surface area contributed by atoms with Crippen LogP contribution in [0.5, 0.6) is 5.75 Å². The molecular weight excluding hydrogens is 491 g/mol. The van der Waals surface area contributed by atoms with Gasteiger partial charge in [-0.25, -0.2) is 0 Å². The molecule has 0 atom stereocenters. The summed E-state index contributed by atoms with van der Waals surface area (Å²) in [5.74, 6) is 1.43. The van der Waals surface area contributed by atoms with Gasteiger partial charge in [0.15, 0.2) is 12.6 Å². The van der Waals surface area contributed by atoms with Gasteiger partial charge in [0.1, 0.15) is 5.75 Å². The van der Waals surface area contributed by atoms with Crippen molar-refractivity contribution in [3.05, 3.63) is 65.2 Å². The van der Waals surface area contributed by atoms with Crippen molar-refractivity contribution in [2.45, 2.75) is 26.4 Å². The van der Waals surface area contributed by atoms with Crippen molar-refractivity contribution < 1.29 is 9.53 Å². The number of halogens is 1. The number of likely N-dealkylation sites (N-methyl/N-ethyl adjacent to an activating group) is 1. The highest BCUT2D eigenvalue weighted by Gasteiger charge is 2.08. The molecule has 0 aliphatic carbocycles. The Labute approximate surface area is 197 Å². The second-order valence-electron chi connectivity index (χ2n) is 7.15. The summed E-state index contributed by atoms with van der Waals surface area (Å²) in [6.07, 6.45) is 1.05. The van der Waals surface area contributed by atoms with Crippen molar-refractivity contribution in [3.8, 4) is 5.75 Å². The van der Waals surface area contributed by atoms with Crippen LogP contribution in [0.2, 0.25) is 0 Å². The molecule has 0 radical (unpaired) electrons. The lowest BCUT2D eigenvalue weighted by molar-refractivity contribution is -0.130. The van der Waals surface area contributed by atoms with E-state index in [0.717, 1.165) is 24.5 Å². The molecular formula is C23H33IN4O2. The Morgan fingerprint density at radius 2 is 1.70 bits per heavy atom. The van der Waals surface area contributed by atoms with Gasteiger partial charge in [-0.05, 0) is 35.2 Å². The summed E-state index contributed by atoms with van der Waals surface area (Å²) >= 11 is 0. The lowest BCUT2D eigenvalue weighted by Gasteiger charge is -2.22. The average molecular weight is 524 g/mol. The standard InChI is InChI=1S/C23H32N4O2.HI/c1-6-18-10-12-19(13-11-18)16-27(5)23(24-2)25-15-20-8-7-9-21(14-20)29-17-22(28)26(3)4;/h7-14H,6,15-17H2,1-5H3,(H,24,25);1H. The Balaban J connectivity index is 0.00000450. The third kappa shape index (κ3) is 8.22. The van der Waals surface area contributed by atoms with Crippen LogP contribution in [0, 0.1) is 0 Å². The normalized spacial score (nSPS) is 10.8. The zero-order valence-corrected chi connectivity index (χ0v) is 20.8. The van der Waals surface area contributed by atoms with Gasteiger partial charge in [0.2, 0.25) is 0 Å². The van der Waals surface area contributed by atoms with E-state index in [4.69, 9.17) is 4.74 Å². The van der Waals surface area contributed by atoms with Crippen LogP contribution in [0.15, 0.2) is 53.5 Å². The highest BCUT2D eigenvalue weighted by molar-refractivity contribution is 14.0. The highest BCUT2D eigenvalue weighted by Crippen LogP contribution is 2.14. The first kappa shape index (κ1) is 25.7. The molecule has 0 aliphatic heterocycles. The maximum atomic E-state index is 11.7. The fourth-order valence-electron chi connectivity index (χ4n) is 2.81. The van der Waals surface area contributed by atoms with Gasteiger partial charge in [-0.3, -0.25) is 9.79 Å². The van der Waals surface area contributed by atoms with Crippen LogP contribution in [0.25, 0.3) is 0 Å². The molecule has 30 heavy (non-hydrogen) atoms. The summed E-state index contributed by atoms with van der Waals surface area (Å²) in [5, 5.41) is 3.38. The second-order valence-corrected chi connectivity index (χ2v) is 7.15. The van der Waals surface area contributed by atoms with E-state index >= 15 is 0 Å². The first-order valence-corrected chi connectivity index (χ1v) is 9.84. The number of nitrogens with zero attached hydrogens (tertiary/aromatic N) is 3. The Morgan fingerprint density at radius 1 is 1.03 bits per heavy atom. The molecule has 7 heteroatoms. The molecule has 2 aromatic carbocycles. The number of aliphatic imine (C=N–C) groups is 1. The molecule has 6 nitrogen and oxygen atoms in total. The molecule has 2 rings (SSSR count). The van der Waals surface area contributed by atoms with Gasteiger partial charge in [0.05, 0.1) is 0 Å². The predicted octanol–water partition coefficient (Wildman–Crippen LogP) is 3.54. The summed E-state index contributed by atoms with van der Waals surface area (Å²) in [6, 6.07) is 16.4. The van der Waals surface area contributed by atoms with Crippen molar-refractivity contribution in [2.75, 3.05) is 34.8 Å². The molecule has 0 bridgehead atoms. The summed E-state index contributed by atoms with van der Waals surface area (Å²) in [5.41, 5.74) is 3.64. The molecule has 164 valence electrons. The number of amides is 1. The van der Waals surface area contributed by atoms with Gasteiger partial charge < -0.3 is 19.9 Å². The van der Waals surface area contributed by atoms with Crippen LogP contribution in [-0.2, 0) is 24.3 Å². The third-order valence-electron chi connectivity index (χ3n) is 4.63. The van der Waals surface area contributed by atoms with Crippen LogP contribution in [0.1, 0.15) is 23.6 Å². The smallest absolute Gasteiger partial charge is 0.259 e. The second kappa shape index (κ2) is 13.1. The Morgan fingerprint density at radius 3 is 2.30 bits per heavy atom. The summed E-state index contributed by atoms with van der Waals surface area (Å²) in [7, 11) is 7.24. The van der Waals surface area contributed by atoms with E-state index in [9.17, 15) is 4.79 Å². The number of aryl methyl sites for hydroxylation is 1. The van der Waals surface area contributed by atoms with Gasteiger partial charge in [-0.2, -0.15) is 0 Å². The Bertz CT molecular complexity index is 822. The number of carbonyl (C=O) groups is 1. The first-order valence-electron chi connectivity index (χ1n) is 9.84. The van der Waals surface area contributed by atoms with Gasteiger partial charge >= 0.3 is 0 Å². The molecule has 0 spiro atoms. The number of benzene rings is 2. The fourth-order valence-corrected chi connectivity index (χ4v) is 2.81. The van der Waals surface area contributed by atoms with E-state index < -0.39 is 0 Å². The van der Waals surface area contributed by atoms with E-state index in [1.807, 2.05) is 31.3 Å². The first-order chi connectivity index (χ1) is 13.9. The molecule has 1 N–H and O–H groups in total. The topological polar surface area (TPSA) is 57.2 Å². The van der Waals surface area contributed by atoms with Gasteiger partial charge in [-0.15, -0.1) is 24.0 Å². The number of guanidine groups is 1. The van der Waals surface area contributed by atoms with Crippen LogP contribution in [0.4, 0.5) is 0 Å². The number of hydrogen-bond donors (Lipinski definition) is 1.